The molecular weight excluding hydrogens is 234 g/mol. The number of nitrogens with one attached hydrogen (secondary N) is 1. The fraction of sp³-hybridized carbons (Fsp3) is 0.167. The first-order valence-corrected chi connectivity index (χ1v) is 6.15. The van der Waals surface area contributed by atoms with E-state index in [-0.39, 0.29) is 0 Å². The number of hydrogen-bond acceptors (Lipinski definition) is 5. The molecule has 0 saturated heterocycles. The van der Waals surface area contributed by atoms with E-state index < -0.39 is 0 Å². The summed E-state index contributed by atoms with van der Waals surface area (Å²) in [5, 5.41) is 5.97. The minimum absolute atomic E-state index is 0.686. The van der Waals surface area contributed by atoms with Gasteiger partial charge in [-0.15, -0.1) is 11.3 Å². The molecule has 2 aromatic heterocycles. The fourth-order valence-corrected chi connectivity index (χ4v) is 2.40. The van der Waals surface area contributed by atoms with Crippen molar-refractivity contribution in [1.29, 1.82) is 0 Å². The molecule has 0 radical (unpaired) electrons. The molecular formula is C12H11N3OS. The summed E-state index contributed by atoms with van der Waals surface area (Å²) in [4.78, 5) is 8.78. The number of nitrogens with zero attached hydrogens (tertiary/aromatic N) is 2. The number of anilines is 1. The molecule has 5 heteroatoms. The molecule has 86 valence electrons. The minimum Gasteiger partial charge on any atom is -0.441 e. The van der Waals surface area contributed by atoms with Gasteiger partial charge in [0.1, 0.15) is 5.52 Å². The Morgan fingerprint density at radius 2 is 2.18 bits per heavy atom. The van der Waals surface area contributed by atoms with Crippen LogP contribution in [0.5, 0.6) is 0 Å². The Kier molecular flexibility index (Phi) is 2.33. The van der Waals surface area contributed by atoms with Crippen LogP contribution in [0.3, 0.4) is 0 Å². The van der Waals surface area contributed by atoms with Crippen LogP contribution in [0.1, 0.15) is 5.89 Å². The van der Waals surface area contributed by atoms with Crippen molar-refractivity contribution in [3.8, 4) is 11.3 Å². The first-order valence-electron chi connectivity index (χ1n) is 5.27. The molecule has 1 aromatic carbocycles. The van der Waals surface area contributed by atoms with Crippen molar-refractivity contribution in [2.75, 3.05) is 12.4 Å². The van der Waals surface area contributed by atoms with Gasteiger partial charge in [0.25, 0.3) is 0 Å². The maximum absolute atomic E-state index is 5.44. The summed E-state index contributed by atoms with van der Waals surface area (Å²) in [6.07, 6.45) is 0. The Morgan fingerprint density at radius 3 is 2.94 bits per heavy atom. The minimum atomic E-state index is 0.686. The third kappa shape index (κ3) is 1.78. The van der Waals surface area contributed by atoms with Gasteiger partial charge in [0.2, 0.25) is 0 Å². The maximum atomic E-state index is 5.44. The van der Waals surface area contributed by atoms with Crippen molar-refractivity contribution in [3.05, 3.63) is 29.5 Å². The summed E-state index contributed by atoms with van der Waals surface area (Å²) < 4.78 is 5.44. The van der Waals surface area contributed by atoms with Crippen LogP contribution in [-0.2, 0) is 0 Å². The Bertz CT molecular complexity index is 671. The molecule has 1 N–H and O–H groups in total. The second-order valence-corrected chi connectivity index (χ2v) is 4.56. The van der Waals surface area contributed by atoms with Gasteiger partial charge in [0.05, 0.1) is 5.69 Å². The van der Waals surface area contributed by atoms with Crippen LogP contribution >= 0.6 is 11.3 Å². The highest BCUT2D eigenvalue weighted by atomic mass is 32.1. The molecule has 0 fully saturated rings. The fourth-order valence-electron chi connectivity index (χ4n) is 1.72. The van der Waals surface area contributed by atoms with Crippen molar-refractivity contribution in [2.24, 2.45) is 0 Å². The summed E-state index contributed by atoms with van der Waals surface area (Å²) in [6.45, 7) is 1.85. The van der Waals surface area contributed by atoms with E-state index in [4.69, 9.17) is 4.42 Å². The molecule has 2 heterocycles. The summed E-state index contributed by atoms with van der Waals surface area (Å²) in [5.74, 6) is 0.686. The lowest BCUT2D eigenvalue weighted by atomic mass is 10.1. The van der Waals surface area contributed by atoms with Gasteiger partial charge in [0, 0.05) is 24.9 Å². The van der Waals surface area contributed by atoms with Crippen LogP contribution in [0.4, 0.5) is 5.13 Å². The second kappa shape index (κ2) is 3.85. The predicted molar refractivity (Wildman–Crippen MR) is 69.4 cm³/mol. The second-order valence-electron chi connectivity index (χ2n) is 3.70. The zero-order valence-electron chi connectivity index (χ0n) is 9.52. The molecule has 0 aliphatic heterocycles. The van der Waals surface area contributed by atoms with Crippen LogP contribution in [-0.4, -0.2) is 17.0 Å². The Labute approximate surface area is 102 Å². The maximum Gasteiger partial charge on any atom is 0.192 e. The molecule has 17 heavy (non-hydrogen) atoms. The van der Waals surface area contributed by atoms with Gasteiger partial charge < -0.3 is 9.73 Å². The van der Waals surface area contributed by atoms with Gasteiger partial charge in [-0.1, -0.05) is 0 Å². The first-order chi connectivity index (χ1) is 8.26. The van der Waals surface area contributed by atoms with Gasteiger partial charge >= 0.3 is 0 Å². The van der Waals surface area contributed by atoms with Gasteiger partial charge in [0.15, 0.2) is 16.6 Å². The van der Waals surface area contributed by atoms with E-state index in [0.717, 1.165) is 27.5 Å². The average Bonchev–Trinajstić information content (AvgIpc) is 2.92. The molecule has 0 amide bonds. The number of aromatic nitrogens is 2. The molecule has 0 aliphatic carbocycles. The highest BCUT2D eigenvalue weighted by molar-refractivity contribution is 7.14. The van der Waals surface area contributed by atoms with Gasteiger partial charge in [-0.05, 0) is 18.2 Å². The molecule has 0 unspecified atom stereocenters. The number of aryl methyl sites for hydroxylation is 1. The number of oxazole rings is 1. The molecule has 3 rings (SSSR count). The number of benzene rings is 1. The van der Waals surface area contributed by atoms with Gasteiger partial charge in [-0.3, -0.25) is 0 Å². The lowest BCUT2D eigenvalue weighted by Gasteiger charge is -1.95. The topological polar surface area (TPSA) is 51.0 Å². The van der Waals surface area contributed by atoms with Crippen molar-refractivity contribution < 1.29 is 4.42 Å². The zero-order chi connectivity index (χ0) is 11.8. The first kappa shape index (κ1) is 10.3. The van der Waals surface area contributed by atoms with E-state index in [1.54, 1.807) is 11.3 Å². The van der Waals surface area contributed by atoms with Crippen LogP contribution in [0.2, 0.25) is 0 Å². The van der Waals surface area contributed by atoms with Crippen LogP contribution in [0, 0.1) is 6.92 Å². The lowest BCUT2D eigenvalue weighted by molar-refractivity contribution is 0.561. The number of hydrogen-bond donors (Lipinski definition) is 1. The molecule has 0 saturated carbocycles. The largest absolute Gasteiger partial charge is 0.441 e. The number of thiazole rings is 1. The Hall–Kier alpha value is -1.88. The molecule has 0 bridgehead atoms. The van der Waals surface area contributed by atoms with Gasteiger partial charge in [-0.25, -0.2) is 9.97 Å². The molecule has 4 nitrogen and oxygen atoms in total. The van der Waals surface area contributed by atoms with Crippen LogP contribution in [0.15, 0.2) is 28.0 Å². The van der Waals surface area contributed by atoms with E-state index in [1.165, 1.54) is 0 Å². The highest BCUT2D eigenvalue weighted by Crippen LogP contribution is 2.27. The van der Waals surface area contributed by atoms with E-state index in [2.05, 4.69) is 15.3 Å². The molecule has 0 atom stereocenters. The molecule has 0 spiro atoms. The number of rotatable bonds is 2. The van der Waals surface area contributed by atoms with Crippen molar-refractivity contribution >= 4 is 27.6 Å². The molecule has 0 aliphatic rings. The van der Waals surface area contributed by atoms with E-state index >= 15 is 0 Å². The van der Waals surface area contributed by atoms with Crippen molar-refractivity contribution in [2.45, 2.75) is 6.92 Å². The average molecular weight is 245 g/mol. The quantitative estimate of drug-likeness (QED) is 0.752. The predicted octanol–water partition coefficient (Wildman–Crippen LogP) is 3.30. The molecule has 3 aromatic rings. The van der Waals surface area contributed by atoms with Crippen molar-refractivity contribution in [1.82, 2.24) is 9.97 Å². The Morgan fingerprint density at radius 1 is 1.29 bits per heavy atom. The summed E-state index contributed by atoms with van der Waals surface area (Å²) in [6, 6.07) is 5.94. The summed E-state index contributed by atoms with van der Waals surface area (Å²) in [5.41, 5.74) is 3.71. The van der Waals surface area contributed by atoms with Crippen LogP contribution < -0.4 is 5.32 Å². The third-order valence-electron chi connectivity index (χ3n) is 2.51. The number of fused-ring (bicyclic) bond motifs is 1. The van der Waals surface area contributed by atoms with Gasteiger partial charge in [-0.2, -0.15) is 0 Å². The normalized spacial score (nSPS) is 10.9. The van der Waals surface area contributed by atoms with E-state index in [9.17, 15) is 0 Å². The Balaban J connectivity index is 2.10. The van der Waals surface area contributed by atoms with E-state index in [1.807, 2.05) is 37.6 Å². The highest BCUT2D eigenvalue weighted by Gasteiger charge is 2.07. The lowest BCUT2D eigenvalue weighted by Crippen LogP contribution is -1.86. The smallest absolute Gasteiger partial charge is 0.192 e. The zero-order valence-corrected chi connectivity index (χ0v) is 10.3. The SMILES string of the molecule is CNc1nc(-c2ccc3oc(C)nc3c2)cs1. The van der Waals surface area contributed by atoms with Crippen LogP contribution in [0.25, 0.3) is 22.4 Å². The monoisotopic (exact) mass is 245 g/mol. The van der Waals surface area contributed by atoms with E-state index in [0.29, 0.717) is 5.89 Å². The van der Waals surface area contributed by atoms with Crippen molar-refractivity contribution in [3.63, 3.8) is 0 Å². The summed E-state index contributed by atoms with van der Waals surface area (Å²) in [7, 11) is 1.87. The summed E-state index contributed by atoms with van der Waals surface area (Å²) >= 11 is 1.59. The third-order valence-corrected chi connectivity index (χ3v) is 3.37. The standard InChI is InChI=1S/C12H11N3OS/c1-7-14-9-5-8(3-4-11(9)16-7)10-6-17-12(13-2)15-10/h3-6H,1-2H3,(H,13,15).